The molecular formula is C21H30IN. The molecule has 126 valence electrons. The Hall–Kier alpha value is -0.250. The van der Waals surface area contributed by atoms with Crippen molar-refractivity contribution in [3.63, 3.8) is 0 Å². The van der Waals surface area contributed by atoms with Gasteiger partial charge in [0.2, 0.25) is 0 Å². The van der Waals surface area contributed by atoms with Crippen LogP contribution >= 0.6 is 22.6 Å². The SMILES string of the molecule is CC1CC2(C)C(C)C(C)CC2C2CCc3cc(N)c(I)cc3C12. The number of aryl methyl sites for hydroxylation is 1. The van der Waals surface area contributed by atoms with Crippen molar-refractivity contribution in [2.45, 2.75) is 59.3 Å². The molecule has 1 aromatic rings. The van der Waals surface area contributed by atoms with Gasteiger partial charge in [-0.05, 0) is 112 Å². The van der Waals surface area contributed by atoms with Gasteiger partial charge in [-0.25, -0.2) is 0 Å². The van der Waals surface area contributed by atoms with Gasteiger partial charge >= 0.3 is 0 Å². The van der Waals surface area contributed by atoms with Crippen molar-refractivity contribution in [2.75, 3.05) is 5.73 Å². The predicted octanol–water partition coefficient (Wildman–Crippen LogP) is 5.86. The molecule has 2 fully saturated rings. The number of hydrogen-bond acceptors (Lipinski definition) is 1. The van der Waals surface area contributed by atoms with Crippen LogP contribution in [0.15, 0.2) is 12.1 Å². The fourth-order valence-electron chi connectivity index (χ4n) is 6.78. The van der Waals surface area contributed by atoms with Crippen LogP contribution in [0.4, 0.5) is 5.69 Å². The van der Waals surface area contributed by atoms with Crippen LogP contribution in [0.5, 0.6) is 0 Å². The quantitative estimate of drug-likeness (QED) is 0.411. The van der Waals surface area contributed by atoms with Gasteiger partial charge in [-0.1, -0.05) is 27.7 Å². The number of nitrogens with two attached hydrogens (primary N) is 1. The Bertz CT molecular complexity index is 639. The van der Waals surface area contributed by atoms with Crippen molar-refractivity contribution in [3.8, 4) is 0 Å². The van der Waals surface area contributed by atoms with E-state index < -0.39 is 0 Å². The first-order valence-corrected chi connectivity index (χ1v) is 10.5. The molecule has 2 N–H and O–H groups in total. The van der Waals surface area contributed by atoms with Gasteiger partial charge < -0.3 is 5.73 Å². The highest BCUT2D eigenvalue weighted by molar-refractivity contribution is 14.1. The molecule has 1 aromatic carbocycles. The van der Waals surface area contributed by atoms with Crippen LogP contribution in [-0.4, -0.2) is 0 Å². The first-order valence-electron chi connectivity index (χ1n) is 9.40. The summed E-state index contributed by atoms with van der Waals surface area (Å²) in [5, 5.41) is 0. The number of fused-ring (bicyclic) bond motifs is 5. The lowest BCUT2D eigenvalue weighted by Gasteiger charge is -2.53. The molecule has 3 aliphatic carbocycles. The van der Waals surface area contributed by atoms with E-state index in [1.54, 1.807) is 11.1 Å². The molecule has 0 spiro atoms. The lowest BCUT2D eigenvalue weighted by Crippen LogP contribution is -2.45. The summed E-state index contributed by atoms with van der Waals surface area (Å²) in [5.41, 5.74) is 10.9. The third-order valence-electron chi connectivity index (χ3n) is 8.08. The van der Waals surface area contributed by atoms with Crippen molar-refractivity contribution < 1.29 is 0 Å². The zero-order chi connectivity index (χ0) is 16.5. The Kier molecular flexibility index (Phi) is 3.79. The van der Waals surface area contributed by atoms with E-state index in [1.165, 1.54) is 29.3 Å². The average Bonchev–Trinajstić information content (AvgIpc) is 2.72. The highest BCUT2D eigenvalue weighted by atomic mass is 127. The van der Waals surface area contributed by atoms with Gasteiger partial charge in [0.1, 0.15) is 0 Å². The second kappa shape index (κ2) is 5.37. The van der Waals surface area contributed by atoms with Gasteiger partial charge in [0.25, 0.3) is 0 Å². The zero-order valence-electron chi connectivity index (χ0n) is 14.9. The third-order valence-corrected chi connectivity index (χ3v) is 9.02. The summed E-state index contributed by atoms with van der Waals surface area (Å²) in [5.74, 6) is 5.16. The van der Waals surface area contributed by atoms with Crippen molar-refractivity contribution in [3.05, 3.63) is 26.8 Å². The minimum Gasteiger partial charge on any atom is -0.398 e. The lowest BCUT2D eigenvalue weighted by atomic mass is 9.51. The van der Waals surface area contributed by atoms with Crippen LogP contribution in [-0.2, 0) is 6.42 Å². The van der Waals surface area contributed by atoms with Gasteiger partial charge in [0.15, 0.2) is 0 Å². The molecule has 2 heteroatoms. The Morgan fingerprint density at radius 2 is 1.91 bits per heavy atom. The molecule has 0 aliphatic heterocycles. The molecule has 7 atom stereocenters. The smallest absolute Gasteiger partial charge is 0.0452 e. The summed E-state index contributed by atoms with van der Waals surface area (Å²) in [7, 11) is 0. The number of anilines is 1. The van der Waals surface area contributed by atoms with E-state index >= 15 is 0 Å². The first kappa shape index (κ1) is 16.2. The van der Waals surface area contributed by atoms with E-state index in [4.69, 9.17) is 5.73 Å². The Balaban J connectivity index is 1.78. The normalized spacial score (nSPS) is 45.3. The Morgan fingerprint density at radius 3 is 2.65 bits per heavy atom. The molecule has 0 radical (unpaired) electrons. The fraction of sp³-hybridized carbons (Fsp3) is 0.714. The molecule has 1 nitrogen and oxygen atoms in total. The van der Waals surface area contributed by atoms with Crippen LogP contribution < -0.4 is 5.73 Å². The molecule has 0 amide bonds. The first-order chi connectivity index (χ1) is 10.8. The van der Waals surface area contributed by atoms with Crippen molar-refractivity contribution >= 4 is 28.3 Å². The third kappa shape index (κ3) is 2.22. The minimum atomic E-state index is 0.568. The van der Waals surface area contributed by atoms with E-state index in [-0.39, 0.29) is 0 Å². The number of rotatable bonds is 0. The average molecular weight is 423 g/mol. The highest BCUT2D eigenvalue weighted by Crippen LogP contribution is 2.65. The van der Waals surface area contributed by atoms with Crippen LogP contribution in [0, 0.1) is 38.6 Å². The maximum atomic E-state index is 6.18. The Labute approximate surface area is 154 Å². The van der Waals surface area contributed by atoms with Crippen LogP contribution in [0.2, 0.25) is 0 Å². The van der Waals surface area contributed by atoms with E-state index in [2.05, 4.69) is 62.4 Å². The molecule has 23 heavy (non-hydrogen) atoms. The maximum absolute atomic E-state index is 6.18. The molecule has 0 aromatic heterocycles. The standard InChI is InChI=1S/C21H30IN/c1-11-7-17-15-6-5-14-8-19(23)18(22)9-16(14)20(15)12(2)10-21(17,4)13(11)3/h8-9,11-13,15,17,20H,5-7,10,23H2,1-4H3. The van der Waals surface area contributed by atoms with E-state index in [1.807, 2.05) is 0 Å². The molecule has 3 aliphatic rings. The second-order valence-corrected chi connectivity index (χ2v) is 10.3. The number of nitrogen functional groups attached to an aromatic ring is 1. The van der Waals surface area contributed by atoms with Crippen LogP contribution in [0.3, 0.4) is 0 Å². The summed E-state index contributed by atoms with van der Waals surface area (Å²) >= 11 is 2.42. The number of hydrogen-bond donors (Lipinski definition) is 1. The zero-order valence-corrected chi connectivity index (χ0v) is 17.1. The van der Waals surface area contributed by atoms with Crippen LogP contribution in [0.1, 0.15) is 64.0 Å². The summed E-state index contributed by atoms with van der Waals surface area (Å²) < 4.78 is 1.25. The molecule has 0 bridgehead atoms. The minimum absolute atomic E-state index is 0.568. The van der Waals surface area contributed by atoms with Gasteiger partial charge in [0, 0.05) is 9.26 Å². The van der Waals surface area contributed by atoms with Gasteiger partial charge in [-0.2, -0.15) is 0 Å². The molecule has 0 heterocycles. The van der Waals surface area contributed by atoms with E-state index in [9.17, 15) is 0 Å². The lowest BCUT2D eigenvalue weighted by molar-refractivity contribution is -0.000272. The summed E-state index contributed by atoms with van der Waals surface area (Å²) in [6, 6.07) is 4.69. The Morgan fingerprint density at radius 1 is 1.17 bits per heavy atom. The largest absolute Gasteiger partial charge is 0.398 e. The molecule has 2 saturated carbocycles. The van der Waals surface area contributed by atoms with Crippen molar-refractivity contribution in [1.82, 2.24) is 0 Å². The second-order valence-electron chi connectivity index (χ2n) is 9.10. The number of halogens is 1. The van der Waals surface area contributed by atoms with Gasteiger partial charge in [-0.3, -0.25) is 0 Å². The van der Waals surface area contributed by atoms with Crippen molar-refractivity contribution in [2.24, 2.45) is 35.0 Å². The predicted molar refractivity (Wildman–Crippen MR) is 106 cm³/mol. The van der Waals surface area contributed by atoms with Crippen LogP contribution in [0.25, 0.3) is 0 Å². The summed E-state index contributed by atoms with van der Waals surface area (Å²) in [6.45, 7) is 10.2. The van der Waals surface area contributed by atoms with Gasteiger partial charge in [-0.15, -0.1) is 0 Å². The molecule has 0 saturated heterocycles. The van der Waals surface area contributed by atoms with Crippen molar-refractivity contribution in [1.29, 1.82) is 0 Å². The molecule has 4 rings (SSSR count). The topological polar surface area (TPSA) is 26.0 Å². The maximum Gasteiger partial charge on any atom is 0.0452 e. The monoisotopic (exact) mass is 423 g/mol. The summed E-state index contributed by atoms with van der Waals surface area (Å²) in [4.78, 5) is 0. The van der Waals surface area contributed by atoms with Gasteiger partial charge in [0.05, 0.1) is 0 Å². The molecular weight excluding hydrogens is 393 g/mol. The highest BCUT2D eigenvalue weighted by Gasteiger charge is 2.57. The fourth-order valence-corrected chi connectivity index (χ4v) is 7.27. The number of benzene rings is 1. The van der Waals surface area contributed by atoms with E-state index in [0.29, 0.717) is 5.41 Å². The summed E-state index contributed by atoms with van der Waals surface area (Å²) in [6.07, 6.45) is 5.47. The van der Waals surface area contributed by atoms with E-state index in [0.717, 1.165) is 41.2 Å². The molecule has 7 unspecified atom stereocenters.